The second-order valence-corrected chi connectivity index (χ2v) is 26.8. The van der Waals surface area contributed by atoms with E-state index in [1.54, 1.807) is 0 Å². The summed E-state index contributed by atoms with van der Waals surface area (Å²) in [5.41, 5.74) is 26.1. The summed E-state index contributed by atoms with van der Waals surface area (Å²) in [6.07, 6.45) is 0. The van der Waals surface area contributed by atoms with Crippen molar-refractivity contribution < 1.29 is 0 Å². The van der Waals surface area contributed by atoms with Gasteiger partial charge in [-0.25, -0.2) is 19.9 Å². The molecule has 0 aliphatic carbocycles. The van der Waals surface area contributed by atoms with E-state index in [1.165, 1.54) is 84.9 Å². The third-order valence-electron chi connectivity index (χ3n) is 18.8. The number of rotatable bonds is 13. The highest BCUT2D eigenvalue weighted by Gasteiger charge is 2.20. The Morgan fingerprint density at radius 2 is 0.398 bits per heavy atom. The highest BCUT2D eigenvalue weighted by molar-refractivity contribution is 7.27. The quantitative estimate of drug-likeness (QED) is 0.115. The molecule has 6 heteroatoms. The largest absolute Gasteiger partial charge is 0.228 e. The second-order valence-electron chi connectivity index (χ2n) is 24.8. The predicted octanol–water partition coefficient (Wildman–Crippen LogP) is 25.7. The number of thiophene rings is 2. The molecular weight excluding hydrogens is 1230 g/mol. The summed E-state index contributed by atoms with van der Waals surface area (Å²) >= 11 is 3.74. The van der Waals surface area contributed by atoms with Crippen LogP contribution in [0.25, 0.3) is 186 Å². The normalized spacial score (nSPS) is 11.5. The Kier molecular flexibility index (Phi) is 14.9. The summed E-state index contributed by atoms with van der Waals surface area (Å²) in [4.78, 5) is 20.9. The van der Waals surface area contributed by atoms with Crippen molar-refractivity contribution in [3.8, 4) is 146 Å². The Morgan fingerprint density at radius 1 is 0.153 bits per heavy atom. The van der Waals surface area contributed by atoms with Crippen LogP contribution in [-0.4, -0.2) is 19.9 Å². The molecule has 18 aromatic rings. The average molecular weight is 1280 g/mol. The van der Waals surface area contributed by atoms with Gasteiger partial charge in [0.2, 0.25) is 0 Å². The second kappa shape index (κ2) is 25.1. The molecule has 0 atom stereocenters. The minimum Gasteiger partial charge on any atom is -0.228 e. The third-order valence-corrected chi connectivity index (χ3v) is 21.3. The zero-order valence-electron chi connectivity index (χ0n) is 53.1. The van der Waals surface area contributed by atoms with Gasteiger partial charge in [0.1, 0.15) is 0 Å². The Bertz CT molecular complexity index is 5970. The molecule has 98 heavy (non-hydrogen) atoms. The first-order valence-corrected chi connectivity index (χ1v) is 34.7. The predicted molar refractivity (Wildman–Crippen MR) is 414 cm³/mol. The monoisotopic (exact) mass is 1280 g/mol. The minimum absolute atomic E-state index is 0.675. The zero-order valence-corrected chi connectivity index (χ0v) is 54.7. The van der Waals surface area contributed by atoms with E-state index in [4.69, 9.17) is 19.9 Å². The van der Waals surface area contributed by atoms with Gasteiger partial charge >= 0.3 is 0 Å². The number of benzene rings is 14. The molecule has 0 fully saturated rings. The molecular formula is C92H58N4S2. The third kappa shape index (κ3) is 11.0. The van der Waals surface area contributed by atoms with Gasteiger partial charge in [-0.05, 0) is 114 Å². The minimum atomic E-state index is 0.675. The lowest BCUT2D eigenvalue weighted by Gasteiger charge is -2.12. The van der Waals surface area contributed by atoms with Crippen LogP contribution in [0.4, 0.5) is 0 Å². The molecule has 0 aliphatic heterocycles. The van der Waals surface area contributed by atoms with Crippen LogP contribution in [0.1, 0.15) is 0 Å². The van der Waals surface area contributed by atoms with Gasteiger partial charge < -0.3 is 0 Å². The van der Waals surface area contributed by atoms with E-state index < -0.39 is 0 Å². The smallest absolute Gasteiger partial charge is 0.160 e. The lowest BCUT2D eigenvalue weighted by atomic mass is 9.95. The molecule has 0 radical (unpaired) electrons. The number of hydrogen-bond donors (Lipinski definition) is 0. The first-order valence-electron chi connectivity index (χ1n) is 33.1. The van der Waals surface area contributed by atoms with E-state index in [9.17, 15) is 0 Å². The first kappa shape index (κ1) is 58.3. The highest BCUT2D eigenvalue weighted by Crippen LogP contribution is 2.47. The average Bonchev–Trinajstić information content (AvgIpc) is 1.63. The van der Waals surface area contributed by atoms with E-state index >= 15 is 0 Å². The molecule has 0 aliphatic rings. The van der Waals surface area contributed by atoms with Gasteiger partial charge in [0, 0.05) is 73.7 Å². The lowest BCUT2D eigenvalue weighted by Crippen LogP contribution is -1.96. The van der Waals surface area contributed by atoms with Gasteiger partial charge in [0.15, 0.2) is 11.6 Å². The van der Waals surface area contributed by atoms with Crippen LogP contribution in [0.3, 0.4) is 0 Å². The van der Waals surface area contributed by atoms with Crippen LogP contribution in [0.2, 0.25) is 0 Å². The molecule has 4 nitrogen and oxygen atoms in total. The molecule has 4 aromatic heterocycles. The maximum atomic E-state index is 5.41. The summed E-state index contributed by atoms with van der Waals surface area (Å²) < 4.78 is 5.08. The van der Waals surface area contributed by atoms with Crippen LogP contribution in [0, 0.1) is 0 Å². The van der Waals surface area contributed by atoms with E-state index in [0.717, 1.165) is 89.5 Å². The van der Waals surface area contributed by atoms with E-state index in [0.29, 0.717) is 11.6 Å². The van der Waals surface area contributed by atoms with Crippen molar-refractivity contribution in [2.24, 2.45) is 0 Å². The Hall–Kier alpha value is -12.3. The van der Waals surface area contributed by atoms with Crippen LogP contribution in [0.15, 0.2) is 352 Å². The molecule has 0 saturated heterocycles. The summed E-state index contributed by atoms with van der Waals surface area (Å²) in [5.74, 6) is 1.38. The summed E-state index contributed by atoms with van der Waals surface area (Å²) in [7, 11) is 0. The molecule has 0 saturated carbocycles. The maximum Gasteiger partial charge on any atom is 0.160 e. The number of fused-ring (bicyclic) bond motifs is 6. The van der Waals surface area contributed by atoms with Crippen LogP contribution < -0.4 is 0 Å². The molecule has 0 spiro atoms. The van der Waals surface area contributed by atoms with Crippen molar-refractivity contribution in [1.29, 1.82) is 0 Å². The fraction of sp³-hybridized carbons (Fsp3) is 0. The number of aromatic nitrogens is 4. The number of hydrogen-bond acceptors (Lipinski definition) is 6. The molecule has 0 amide bonds. The molecule has 14 aromatic carbocycles. The standard InChI is InChI=1S/C92H58N4S2/c1-5-21-59(22-6-1)60-45-49-62(50-46-60)75-37-17-42-80-82-44-20-40-78(90(82)98-87(75)80)71-33-16-36-74(56-71)92-94-84(65-25-9-3-10-26-65)58-85(96-92)72-34-14-31-69(54-72)68-30-13-29-67(53-68)61-47-51-63(52-48-61)76-38-18-41-79-81-43-19-39-77(89(81)97-88(76)79)70-32-15-35-73(55-70)86-57-83(64-23-7-2-8-24-64)93-91(95-86)66-27-11-4-12-28-66/h1-58H. The summed E-state index contributed by atoms with van der Waals surface area (Å²) in [6.45, 7) is 0. The van der Waals surface area contributed by atoms with Gasteiger partial charge in [0.05, 0.1) is 22.8 Å². The van der Waals surface area contributed by atoms with E-state index in [-0.39, 0.29) is 0 Å². The highest BCUT2D eigenvalue weighted by atomic mass is 32.1. The van der Waals surface area contributed by atoms with Crippen molar-refractivity contribution in [2.75, 3.05) is 0 Å². The molecule has 18 rings (SSSR count). The molecule has 4 heterocycles. The summed E-state index contributed by atoms with van der Waals surface area (Å²) in [5, 5.41) is 5.03. The van der Waals surface area contributed by atoms with Crippen molar-refractivity contribution in [3.05, 3.63) is 352 Å². The molecule has 0 bridgehead atoms. The number of nitrogens with zero attached hydrogens (tertiary/aromatic N) is 4. The molecule has 0 unspecified atom stereocenters. The first-order chi connectivity index (χ1) is 48.5. The van der Waals surface area contributed by atoms with Crippen LogP contribution >= 0.6 is 22.7 Å². The molecule has 458 valence electrons. The van der Waals surface area contributed by atoms with Gasteiger partial charge in [-0.1, -0.05) is 315 Å². The fourth-order valence-corrected chi connectivity index (χ4v) is 16.6. The Balaban J connectivity index is 0.637. The van der Waals surface area contributed by atoms with Crippen LogP contribution in [0.5, 0.6) is 0 Å². The maximum absolute atomic E-state index is 5.41. The topological polar surface area (TPSA) is 51.6 Å². The van der Waals surface area contributed by atoms with Crippen molar-refractivity contribution in [3.63, 3.8) is 0 Å². The van der Waals surface area contributed by atoms with Gasteiger partial charge in [-0.15, -0.1) is 22.7 Å². The lowest BCUT2D eigenvalue weighted by molar-refractivity contribution is 1.18. The van der Waals surface area contributed by atoms with Crippen molar-refractivity contribution in [1.82, 2.24) is 19.9 Å². The van der Waals surface area contributed by atoms with Crippen molar-refractivity contribution in [2.45, 2.75) is 0 Å². The SMILES string of the molecule is c1ccc(-c2ccc(-c3cccc4c3sc3c(-c5cccc(-c6nc(-c7ccccc7)cc(-c7cccc(-c8cccc(-c9ccc(-c%10cccc%11c%10sc%10c(-c%12cccc(-c%13cc(-c%14ccccc%14)nc(-c%14ccccc%14)n%13)c%12)cccc%10%11)cc9)c8)c7)n6)c5)cccc34)cc2)cc1. The van der Waals surface area contributed by atoms with E-state index in [1.807, 2.05) is 46.9 Å². The zero-order chi connectivity index (χ0) is 64.9. The van der Waals surface area contributed by atoms with Crippen LogP contribution in [-0.2, 0) is 0 Å². The fourth-order valence-electron chi connectivity index (χ4n) is 13.8. The summed E-state index contributed by atoms with van der Waals surface area (Å²) in [6, 6.07) is 126. The molecule has 0 N–H and O–H groups in total. The van der Waals surface area contributed by atoms with E-state index in [2.05, 4.69) is 328 Å². The Labute approximate surface area is 576 Å². The van der Waals surface area contributed by atoms with Gasteiger partial charge in [0.25, 0.3) is 0 Å². The van der Waals surface area contributed by atoms with Crippen molar-refractivity contribution >= 4 is 63.0 Å². The van der Waals surface area contributed by atoms with Gasteiger partial charge in [-0.2, -0.15) is 0 Å². The van der Waals surface area contributed by atoms with Gasteiger partial charge in [-0.3, -0.25) is 0 Å². The Morgan fingerprint density at radius 3 is 0.816 bits per heavy atom.